The van der Waals surface area contributed by atoms with E-state index in [9.17, 15) is 9.59 Å². The Hall–Kier alpha value is -2.81. The molecule has 154 valence electrons. The molecule has 0 radical (unpaired) electrons. The second-order valence-electron chi connectivity index (χ2n) is 7.38. The zero-order valence-electron chi connectivity index (χ0n) is 16.4. The van der Waals surface area contributed by atoms with E-state index in [4.69, 9.17) is 9.26 Å². The summed E-state index contributed by atoms with van der Waals surface area (Å²) in [5.41, 5.74) is 0.419. The molecule has 1 saturated carbocycles. The lowest BCUT2D eigenvalue weighted by molar-refractivity contribution is -0.131. The maximum absolute atomic E-state index is 13.0. The molecular formula is C20H25N5O4. The van der Waals surface area contributed by atoms with Crippen molar-refractivity contribution in [3.05, 3.63) is 41.8 Å². The highest BCUT2D eigenvalue weighted by atomic mass is 16.5. The molecular weight excluding hydrogens is 374 g/mol. The Balaban J connectivity index is 1.39. The van der Waals surface area contributed by atoms with Crippen LogP contribution in [0.2, 0.25) is 0 Å². The fraction of sp³-hybridized carbons (Fsp3) is 0.550. The smallest absolute Gasteiger partial charge is 0.272 e. The molecule has 0 spiro atoms. The van der Waals surface area contributed by atoms with E-state index in [1.807, 2.05) is 11.8 Å². The first-order chi connectivity index (χ1) is 14.2. The number of carbonyl (C=O) groups is 2. The number of aryl methyl sites for hydroxylation is 1. The number of morpholine rings is 1. The first-order valence-corrected chi connectivity index (χ1v) is 10.1. The number of carbonyl (C=O) groups excluding carboxylic acids is 2. The number of nitrogens with one attached hydrogen (secondary N) is 1. The molecule has 0 aromatic carbocycles. The molecule has 2 aromatic heterocycles. The van der Waals surface area contributed by atoms with Gasteiger partial charge in [0, 0.05) is 25.1 Å². The van der Waals surface area contributed by atoms with Gasteiger partial charge in [-0.15, -0.1) is 0 Å². The Labute approximate surface area is 168 Å². The van der Waals surface area contributed by atoms with Crippen LogP contribution in [0.5, 0.6) is 0 Å². The first kappa shape index (κ1) is 19.5. The third-order valence-corrected chi connectivity index (χ3v) is 5.58. The van der Waals surface area contributed by atoms with Gasteiger partial charge in [0.15, 0.2) is 5.82 Å². The third-order valence-electron chi connectivity index (χ3n) is 5.58. The van der Waals surface area contributed by atoms with E-state index in [0.29, 0.717) is 43.4 Å². The van der Waals surface area contributed by atoms with Gasteiger partial charge in [-0.25, -0.2) is 0 Å². The molecule has 0 bridgehead atoms. The Morgan fingerprint density at radius 1 is 1.31 bits per heavy atom. The van der Waals surface area contributed by atoms with Crippen molar-refractivity contribution in [2.45, 2.75) is 51.3 Å². The van der Waals surface area contributed by atoms with Crippen molar-refractivity contribution in [2.75, 3.05) is 13.2 Å². The minimum atomic E-state index is -0.189. The highest BCUT2D eigenvalue weighted by molar-refractivity contribution is 5.92. The number of aromatic nitrogens is 3. The molecule has 9 nitrogen and oxygen atoms in total. The molecule has 3 heterocycles. The Morgan fingerprint density at radius 3 is 2.97 bits per heavy atom. The standard InChI is InChI=1S/C20H25N5O4/c1-2-17-23-18(29-24-17)12-22-19(26)13-6-7-16-15(11-13)25(9-10-28-16)20(27)14-5-3-4-8-21-14/h3-5,8,13,15-16H,2,6-7,9-12H2,1H3,(H,22,26)/t13-,15+,16+/m0/s1. The van der Waals surface area contributed by atoms with Crippen LogP contribution in [0, 0.1) is 5.92 Å². The number of amides is 2. The maximum atomic E-state index is 13.0. The molecule has 0 unspecified atom stereocenters. The summed E-state index contributed by atoms with van der Waals surface area (Å²) in [6.07, 6.45) is 4.30. The molecule has 1 aliphatic carbocycles. The summed E-state index contributed by atoms with van der Waals surface area (Å²) in [7, 11) is 0. The largest absolute Gasteiger partial charge is 0.374 e. The van der Waals surface area contributed by atoms with Crippen molar-refractivity contribution in [1.82, 2.24) is 25.3 Å². The zero-order valence-corrected chi connectivity index (χ0v) is 16.4. The fourth-order valence-electron chi connectivity index (χ4n) is 4.05. The lowest BCUT2D eigenvalue weighted by Crippen LogP contribution is -2.57. The lowest BCUT2D eigenvalue weighted by Gasteiger charge is -2.45. The summed E-state index contributed by atoms with van der Waals surface area (Å²) in [6.45, 7) is 3.17. The predicted molar refractivity (Wildman–Crippen MR) is 102 cm³/mol. The van der Waals surface area contributed by atoms with Crippen molar-refractivity contribution in [3.8, 4) is 0 Å². The highest BCUT2D eigenvalue weighted by Gasteiger charge is 2.42. The lowest BCUT2D eigenvalue weighted by atomic mass is 9.81. The van der Waals surface area contributed by atoms with Crippen LogP contribution in [0.25, 0.3) is 0 Å². The van der Waals surface area contributed by atoms with Crippen LogP contribution in [0.15, 0.2) is 28.9 Å². The van der Waals surface area contributed by atoms with Gasteiger partial charge in [0.25, 0.3) is 5.91 Å². The summed E-state index contributed by atoms with van der Waals surface area (Å²) in [5, 5.41) is 6.72. The van der Waals surface area contributed by atoms with Gasteiger partial charge in [-0.1, -0.05) is 18.1 Å². The molecule has 4 rings (SSSR count). The van der Waals surface area contributed by atoms with Gasteiger partial charge in [-0.3, -0.25) is 14.6 Å². The topological polar surface area (TPSA) is 110 Å². The zero-order chi connectivity index (χ0) is 20.2. The molecule has 9 heteroatoms. The second kappa shape index (κ2) is 8.69. The number of rotatable bonds is 5. The van der Waals surface area contributed by atoms with Crippen molar-refractivity contribution in [2.24, 2.45) is 5.92 Å². The van der Waals surface area contributed by atoms with Crippen molar-refractivity contribution in [1.29, 1.82) is 0 Å². The molecule has 1 aliphatic heterocycles. The quantitative estimate of drug-likeness (QED) is 0.808. The molecule has 3 atom stereocenters. The van der Waals surface area contributed by atoms with E-state index in [1.54, 1.807) is 24.4 Å². The van der Waals surface area contributed by atoms with Crippen LogP contribution in [0.3, 0.4) is 0 Å². The molecule has 1 N–H and O–H groups in total. The number of fused-ring (bicyclic) bond motifs is 1. The Morgan fingerprint density at radius 2 is 2.21 bits per heavy atom. The summed E-state index contributed by atoms with van der Waals surface area (Å²) < 4.78 is 11.0. The van der Waals surface area contributed by atoms with Gasteiger partial charge in [0.2, 0.25) is 11.8 Å². The fourth-order valence-corrected chi connectivity index (χ4v) is 4.05. The van der Waals surface area contributed by atoms with Crippen molar-refractivity contribution < 1.29 is 18.8 Å². The van der Waals surface area contributed by atoms with Gasteiger partial charge in [-0.05, 0) is 31.4 Å². The van der Waals surface area contributed by atoms with E-state index in [-0.39, 0.29) is 36.4 Å². The van der Waals surface area contributed by atoms with Crippen molar-refractivity contribution >= 4 is 11.8 Å². The van der Waals surface area contributed by atoms with Crippen LogP contribution in [-0.2, 0) is 22.5 Å². The Bertz CT molecular complexity index is 856. The SMILES string of the molecule is CCc1noc(CNC(=O)[C@H]2CC[C@H]3OCCN(C(=O)c4ccccn4)[C@@H]3C2)n1. The summed E-state index contributed by atoms with van der Waals surface area (Å²) >= 11 is 0. The normalized spacial score (nSPS) is 24.0. The van der Waals surface area contributed by atoms with Gasteiger partial charge in [-0.2, -0.15) is 4.98 Å². The van der Waals surface area contributed by atoms with E-state index < -0.39 is 0 Å². The molecule has 2 aromatic rings. The van der Waals surface area contributed by atoms with Crippen LogP contribution in [0.4, 0.5) is 0 Å². The average Bonchev–Trinajstić information content (AvgIpc) is 3.25. The van der Waals surface area contributed by atoms with Crippen LogP contribution in [0.1, 0.15) is 48.4 Å². The van der Waals surface area contributed by atoms with Crippen LogP contribution in [-0.4, -0.2) is 57.1 Å². The van der Waals surface area contributed by atoms with E-state index in [0.717, 1.165) is 12.8 Å². The maximum Gasteiger partial charge on any atom is 0.272 e. The molecule has 2 amide bonds. The number of pyridine rings is 1. The molecule has 29 heavy (non-hydrogen) atoms. The number of hydrogen-bond acceptors (Lipinski definition) is 7. The van der Waals surface area contributed by atoms with Crippen LogP contribution >= 0.6 is 0 Å². The minimum absolute atomic E-state index is 0.0384. The summed E-state index contributed by atoms with van der Waals surface area (Å²) in [4.78, 5) is 35.9. The average molecular weight is 399 g/mol. The van der Waals surface area contributed by atoms with Gasteiger partial charge >= 0.3 is 0 Å². The summed E-state index contributed by atoms with van der Waals surface area (Å²) in [6, 6.07) is 5.18. The van der Waals surface area contributed by atoms with E-state index >= 15 is 0 Å². The number of hydrogen-bond donors (Lipinski definition) is 1. The minimum Gasteiger partial charge on any atom is -0.374 e. The molecule has 1 saturated heterocycles. The Kier molecular flexibility index (Phi) is 5.84. The monoisotopic (exact) mass is 399 g/mol. The van der Waals surface area contributed by atoms with E-state index in [1.165, 1.54) is 0 Å². The van der Waals surface area contributed by atoms with Crippen LogP contribution < -0.4 is 5.32 Å². The van der Waals surface area contributed by atoms with Crippen molar-refractivity contribution in [3.63, 3.8) is 0 Å². The number of ether oxygens (including phenoxy) is 1. The second-order valence-corrected chi connectivity index (χ2v) is 7.38. The molecule has 2 fully saturated rings. The van der Waals surface area contributed by atoms with Gasteiger partial charge < -0.3 is 19.5 Å². The highest BCUT2D eigenvalue weighted by Crippen LogP contribution is 2.33. The summed E-state index contributed by atoms with van der Waals surface area (Å²) in [5.74, 6) is 0.665. The van der Waals surface area contributed by atoms with E-state index in [2.05, 4.69) is 20.4 Å². The number of nitrogens with zero attached hydrogens (tertiary/aromatic N) is 4. The molecule has 2 aliphatic rings. The first-order valence-electron chi connectivity index (χ1n) is 10.1. The van der Waals surface area contributed by atoms with Gasteiger partial charge in [0.1, 0.15) is 5.69 Å². The predicted octanol–water partition coefficient (Wildman–Crippen LogP) is 1.35. The third kappa shape index (κ3) is 4.29. The van der Waals surface area contributed by atoms with Gasteiger partial charge in [0.05, 0.1) is 25.3 Å².